The molecule has 5 heteroatoms. The molecule has 2 rings (SSSR count). The predicted octanol–water partition coefficient (Wildman–Crippen LogP) is 2.79. The third kappa shape index (κ3) is 1.68. The zero-order valence-corrected chi connectivity index (χ0v) is 8.65. The Morgan fingerprint density at radius 2 is 2.20 bits per heavy atom. The van der Waals surface area contributed by atoms with Crippen molar-refractivity contribution in [3.05, 3.63) is 40.6 Å². The number of rotatable bonds is 3. The zero-order chi connectivity index (χ0) is 10.8. The molecule has 0 aliphatic heterocycles. The highest BCUT2D eigenvalue weighted by Gasteiger charge is 2.12. The number of hydrogen-bond acceptors (Lipinski definition) is 2. The Labute approximate surface area is 91.2 Å². The van der Waals surface area contributed by atoms with Crippen LogP contribution in [0.4, 0.5) is 5.69 Å². The SMILES string of the molecule is O=[N+]([O-])c1cccc2c1ccn2CCCl. The number of hydrogen-bond donors (Lipinski definition) is 0. The van der Waals surface area contributed by atoms with Crippen LogP contribution < -0.4 is 0 Å². The molecular weight excluding hydrogens is 216 g/mol. The Hall–Kier alpha value is -1.55. The van der Waals surface area contributed by atoms with Crippen LogP contribution in [0.3, 0.4) is 0 Å². The molecule has 0 spiro atoms. The second-order valence-electron chi connectivity index (χ2n) is 3.17. The van der Waals surface area contributed by atoms with Crippen molar-refractivity contribution >= 4 is 28.2 Å². The van der Waals surface area contributed by atoms with E-state index in [9.17, 15) is 10.1 Å². The van der Waals surface area contributed by atoms with Crippen molar-refractivity contribution in [2.75, 3.05) is 5.88 Å². The Kier molecular flexibility index (Phi) is 2.60. The first kappa shape index (κ1) is 9.98. The lowest BCUT2D eigenvalue weighted by molar-refractivity contribution is -0.383. The largest absolute Gasteiger partial charge is 0.346 e. The van der Waals surface area contributed by atoms with Gasteiger partial charge in [-0.1, -0.05) is 6.07 Å². The third-order valence-electron chi connectivity index (χ3n) is 2.31. The first-order valence-electron chi connectivity index (χ1n) is 4.52. The molecule has 0 unspecified atom stereocenters. The van der Waals surface area contributed by atoms with Crippen LogP contribution in [0.2, 0.25) is 0 Å². The van der Waals surface area contributed by atoms with Crippen LogP contribution >= 0.6 is 11.6 Å². The molecule has 0 aliphatic rings. The van der Waals surface area contributed by atoms with E-state index in [-0.39, 0.29) is 10.6 Å². The van der Waals surface area contributed by atoms with E-state index in [0.29, 0.717) is 17.8 Å². The van der Waals surface area contributed by atoms with Gasteiger partial charge in [0.05, 0.1) is 15.8 Å². The minimum Gasteiger partial charge on any atom is -0.346 e. The molecule has 0 amide bonds. The standard InChI is InChI=1S/C10H9ClN2O2/c11-5-7-12-6-4-8-9(12)2-1-3-10(8)13(14)15/h1-4,6H,5,7H2. The number of aromatic nitrogens is 1. The summed E-state index contributed by atoms with van der Waals surface area (Å²) in [5.74, 6) is 0.493. The zero-order valence-electron chi connectivity index (χ0n) is 7.89. The Morgan fingerprint density at radius 1 is 1.40 bits per heavy atom. The number of nitro benzene ring substituents is 1. The number of aryl methyl sites for hydroxylation is 1. The van der Waals surface area contributed by atoms with E-state index in [2.05, 4.69) is 0 Å². The molecule has 0 N–H and O–H groups in total. The molecule has 78 valence electrons. The van der Waals surface area contributed by atoms with Crippen molar-refractivity contribution in [3.8, 4) is 0 Å². The summed E-state index contributed by atoms with van der Waals surface area (Å²) >= 11 is 5.64. The van der Waals surface area contributed by atoms with Gasteiger partial charge in [0.25, 0.3) is 5.69 Å². The van der Waals surface area contributed by atoms with Crippen LogP contribution in [0, 0.1) is 10.1 Å². The van der Waals surface area contributed by atoms with Crippen molar-refractivity contribution in [1.29, 1.82) is 0 Å². The number of alkyl halides is 1. The van der Waals surface area contributed by atoms with Crippen molar-refractivity contribution in [1.82, 2.24) is 4.57 Å². The van der Waals surface area contributed by atoms with Crippen LogP contribution in [0.15, 0.2) is 30.5 Å². The fourth-order valence-electron chi connectivity index (χ4n) is 1.65. The second-order valence-corrected chi connectivity index (χ2v) is 3.54. The van der Waals surface area contributed by atoms with Crippen LogP contribution in [0.25, 0.3) is 10.9 Å². The highest BCUT2D eigenvalue weighted by molar-refractivity contribution is 6.17. The molecule has 0 bridgehead atoms. The lowest BCUT2D eigenvalue weighted by Gasteiger charge is -2.01. The monoisotopic (exact) mass is 224 g/mol. The van der Waals surface area contributed by atoms with Crippen molar-refractivity contribution < 1.29 is 4.92 Å². The van der Waals surface area contributed by atoms with Gasteiger partial charge in [-0.15, -0.1) is 11.6 Å². The lowest BCUT2D eigenvalue weighted by Crippen LogP contribution is -1.96. The highest BCUT2D eigenvalue weighted by atomic mass is 35.5. The fraction of sp³-hybridized carbons (Fsp3) is 0.200. The quantitative estimate of drug-likeness (QED) is 0.457. The Bertz CT molecular complexity index is 507. The predicted molar refractivity (Wildman–Crippen MR) is 59.3 cm³/mol. The third-order valence-corrected chi connectivity index (χ3v) is 2.48. The summed E-state index contributed by atoms with van der Waals surface area (Å²) in [5, 5.41) is 11.4. The van der Waals surface area contributed by atoms with E-state index in [0.717, 1.165) is 5.52 Å². The lowest BCUT2D eigenvalue weighted by atomic mass is 10.2. The molecule has 1 heterocycles. The van der Waals surface area contributed by atoms with E-state index < -0.39 is 0 Å². The summed E-state index contributed by atoms with van der Waals surface area (Å²) in [6.45, 7) is 0.659. The van der Waals surface area contributed by atoms with Crippen LogP contribution in [0.5, 0.6) is 0 Å². The average Bonchev–Trinajstić information content (AvgIpc) is 2.62. The number of fused-ring (bicyclic) bond motifs is 1. The highest BCUT2D eigenvalue weighted by Crippen LogP contribution is 2.26. The molecule has 0 radical (unpaired) electrons. The molecule has 1 aromatic carbocycles. The van der Waals surface area contributed by atoms with E-state index in [4.69, 9.17) is 11.6 Å². The van der Waals surface area contributed by atoms with Crippen LogP contribution in [-0.2, 0) is 6.54 Å². The van der Waals surface area contributed by atoms with E-state index >= 15 is 0 Å². The average molecular weight is 225 g/mol. The maximum Gasteiger partial charge on any atom is 0.278 e. The summed E-state index contributed by atoms with van der Waals surface area (Å²) in [7, 11) is 0. The first-order chi connectivity index (χ1) is 7.24. The van der Waals surface area contributed by atoms with Gasteiger partial charge in [-0.3, -0.25) is 10.1 Å². The molecule has 0 atom stereocenters. The summed E-state index contributed by atoms with van der Waals surface area (Å²) in [6, 6.07) is 6.80. The summed E-state index contributed by atoms with van der Waals surface area (Å²) in [6.07, 6.45) is 1.82. The van der Waals surface area contributed by atoms with Gasteiger partial charge in [0.15, 0.2) is 0 Å². The Balaban J connectivity index is 2.63. The van der Waals surface area contributed by atoms with Gasteiger partial charge in [-0.2, -0.15) is 0 Å². The summed E-state index contributed by atoms with van der Waals surface area (Å²) in [5.41, 5.74) is 0.991. The molecule has 0 aliphatic carbocycles. The van der Waals surface area contributed by atoms with Gasteiger partial charge in [0.2, 0.25) is 0 Å². The van der Waals surface area contributed by atoms with Gasteiger partial charge < -0.3 is 4.57 Å². The number of benzene rings is 1. The van der Waals surface area contributed by atoms with Crippen LogP contribution in [-0.4, -0.2) is 15.4 Å². The van der Waals surface area contributed by atoms with Gasteiger partial charge in [-0.05, 0) is 12.1 Å². The van der Waals surface area contributed by atoms with E-state index in [1.54, 1.807) is 12.1 Å². The summed E-state index contributed by atoms with van der Waals surface area (Å²) in [4.78, 5) is 10.4. The maximum absolute atomic E-state index is 10.8. The number of nitrogens with zero attached hydrogens (tertiary/aromatic N) is 2. The molecule has 15 heavy (non-hydrogen) atoms. The second kappa shape index (κ2) is 3.90. The molecule has 4 nitrogen and oxygen atoms in total. The molecule has 1 aromatic heterocycles. The van der Waals surface area contributed by atoms with Crippen molar-refractivity contribution in [2.24, 2.45) is 0 Å². The minimum atomic E-state index is -0.368. The topological polar surface area (TPSA) is 48.1 Å². The molecular formula is C10H9ClN2O2. The van der Waals surface area contributed by atoms with Gasteiger partial charge in [-0.25, -0.2) is 0 Å². The summed E-state index contributed by atoms with van der Waals surface area (Å²) < 4.78 is 1.91. The molecule has 0 saturated carbocycles. The number of nitro groups is 1. The fourth-order valence-corrected chi connectivity index (χ4v) is 1.83. The van der Waals surface area contributed by atoms with Crippen molar-refractivity contribution in [3.63, 3.8) is 0 Å². The maximum atomic E-state index is 10.8. The molecule has 0 fully saturated rings. The first-order valence-corrected chi connectivity index (χ1v) is 5.05. The van der Waals surface area contributed by atoms with Gasteiger partial charge in [0.1, 0.15) is 0 Å². The number of non-ortho nitro benzene ring substituents is 1. The van der Waals surface area contributed by atoms with Crippen molar-refractivity contribution in [2.45, 2.75) is 6.54 Å². The molecule has 2 aromatic rings. The van der Waals surface area contributed by atoms with Gasteiger partial charge >= 0.3 is 0 Å². The smallest absolute Gasteiger partial charge is 0.278 e. The van der Waals surface area contributed by atoms with Crippen LogP contribution in [0.1, 0.15) is 0 Å². The van der Waals surface area contributed by atoms with E-state index in [1.807, 2.05) is 16.8 Å². The van der Waals surface area contributed by atoms with E-state index in [1.165, 1.54) is 6.07 Å². The minimum absolute atomic E-state index is 0.140. The Morgan fingerprint density at radius 3 is 2.87 bits per heavy atom. The number of halogens is 1. The van der Waals surface area contributed by atoms with Gasteiger partial charge in [0, 0.05) is 24.7 Å². The molecule has 0 saturated heterocycles. The normalized spacial score (nSPS) is 10.7.